The summed E-state index contributed by atoms with van der Waals surface area (Å²) in [5.41, 5.74) is 11.9. The Morgan fingerprint density at radius 3 is 2.19 bits per heavy atom. The molecule has 7 aromatic rings. The van der Waals surface area contributed by atoms with E-state index < -0.39 is 8.07 Å². The number of aromatic nitrogens is 2. The van der Waals surface area contributed by atoms with E-state index in [1.165, 1.54) is 27.4 Å². The largest absolute Gasteiger partial charge is 0.501 e. The van der Waals surface area contributed by atoms with E-state index in [4.69, 9.17) is 9.40 Å². The molecule has 48 heavy (non-hydrogen) atoms. The van der Waals surface area contributed by atoms with Crippen LogP contribution in [-0.4, -0.2) is 18.0 Å². The minimum absolute atomic E-state index is 0. The van der Waals surface area contributed by atoms with Gasteiger partial charge in [-0.1, -0.05) is 117 Å². The zero-order valence-corrected chi connectivity index (χ0v) is 32.2. The van der Waals surface area contributed by atoms with E-state index in [9.17, 15) is 0 Å². The van der Waals surface area contributed by atoms with Crippen LogP contribution in [0, 0.1) is 31.9 Å². The van der Waals surface area contributed by atoms with Gasteiger partial charge in [0.1, 0.15) is 5.58 Å². The number of aryl methyl sites for hydroxylation is 2. The third-order valence-corrected chi connectivity index (χ3v) is 10.4. The quantitative estimate of drug-likeness (QED) is 0.124. The number of benzene rings is 4. The molecule has 0 aliphatic carbocycles. The van der Waals surface area contributed by atoms with Crippen molar-refractivity contribution in [2.45, 2.75) is 53.8 Å². The van der Waals surface area contributed by atoms with Gasteiger partial charge in [-0.15, -0.1) is 53.6 Å². The fourth-order valence-corrected chi connectivity index (χ4v) is 7.66. The summed E-state index contributed by atoms with van der Waals surface area (Å²) in [4.78, 5) is 9.23. The second-order valence-corrected chi connectivity index (χ2v) is 18.9. The number of rotatable bonds is 6. The van der Waals surface area contributed by atoms with Crippen molar-refractivity contribution >= 4 is 35.2 Å². The number of hydrogen-bond donors (Lipinski definition) is 0. The Morgan fingerprint density at radius 1 is 0.729 bits per heavy atom. The SMILES string of the molecule is Cc1cc[c-]c(-c2cc(CC(C)C)c([Si](C)(C)C)cn2)c1.Cc1ccnc(-c2[c-]ccc3c2oc2cc(-c4ccccc4)ccc23)c1.[Ir]. The van der Waals surface area contributed by atoms with Crippen LogP contribution in [0.15, 0.2) is 114 Å². The molecular formula is C43H42IrN2OSi-2. The average molecular weight is 823 g/mol. The van der Waals surface area contributed by atoms with E-state index in [1.54, 1.807) is 0 Å². The molecule has 0 atom stereocenters. The summed E-state index contributed by atoms with van der Waals surface area (Å²) in [6.45, 7) is 15.9. The van der Waals surface area contributed by atoms with Gasteiger partial charge in [-0.25, -0.2) is 0 Å². The molecule has 4 aromatic carbocycles. The summed E-state index contributed by atoms with van der Waals surface area (Å²) in [5, 5.41) is 3.70. The second kappa shape index (κ2) is 14.9. The van der Waals surface area contributed by atoms with Gasteiger partial charge in [0.2, 0.25) is 0 Å². The van der Waals surface area contributed by atoms with Crippen molar-refractivity contribution in [2.75, 3.05) is 0 Å². The summed E-state index contributed by atoms with van der Waals surface area (Å²) >= 11 is 0. The molecule has 1 radical (unpaired) electrons. The van der Waals surface area contributed by atoms with Gasteiger partial charge < -0.3 is 14.4 Å². The van der Waals surface area contributed by atoms with Crippen LogP contribution in [0.4, 0.5) is 0 Å². The predicted octanol–water partition coefficient (Wildman–Crippen LogP) is 11.0. The summed E-state index contributed by atoms with van der Waals surface area (Å²) in [6, 6.07) is 39.9. The number of hydrogen-bond acceptors (Lipinski definition) is 3. The summed E-state index contributed by atoms with van der Waals surface area (Å²) in [5.74, 6) is 0.664. The molecule has 0 aliphatic heterocycles. The van der Waals surface area contributed by atoms with Crippen LogP contribution in [0.1, 0.15) is 30.5 Å². The van der Waals surface area contributed by atoms with Crippen LogP contribution < -0.4 is 5.19 Å². The average Bonchev–Trinajstić information content (AvgIpc) is 3.43. The Hall–Kier alpha value is -4.15. The molecule has 5 heteroatoms. The molecule has 0 fully saturated rings. The molecule has 3 heterocycles. The molecule has 0 spiro atoms. The third kappa shape index (κ3) is 7.93. The number of nitrogens with zero attached hydrogens (tertiary/aromatic N) is 2. The molecule has 0 N–H and O–H groups in total. The van der Waals surface area contributed by atoms with Gasteiger partial charge in [0.05, 0.1) is 13.7 Å². The van der Waals surface area contributed by atoms with Crippen molar-refractivity contribution in [1.29, 1.82) is 0 Å². The standard InChI is InChI=1S/C24H16NO.C19H26NSi.Ir/c1-16-12-13-25-22(14-16)21-9-5-8-20-19-11-10-18(15-23(19)26-24(20)21)17-6-3-2-4-7-17;1-14(2)10-17-12-18(16-9-7-8-15(3)11-16)20-13-19(17)21(4,5)6;/h2-8,10-15H,1H3;7-8,11-14H,10H2,1-6H3;/q2*-1;. The zero-order chi connectivity index (χ0) is 33.1. The van der Waals surface area contributed by atoms with Gasteiger partial charge in [-0.2, -0.15) is 0 Å². The van der Waals surface area contributed by atoms with Crippen LogP contribution in [0.2, 0.25) is 19.6 Å². The van der Waals surface area contributed by atoms with E-state index in [-0.39, 0.29) is 20.1 Å². The Kier molecular flexibility index (Phi) is 10.9. The first-order valence-electron chi connectivity index (χ1n) is 16.4. The van der Waals surface area contributed by atoms with E-state index >= 15 is 0 Å². The van der Waals surface area contributed by atoms with E-state index in [0.717, 1.165) is 56.4 Å². The Balaban J connectivity index is 0.000000189. The van der Waals surface area contributed by atoms with Gasteiger partial charge in [0.15, 0.2) is 0 Å². The first-order valence-corrected chi connectivity index (χ1v) is 19.9. The minimum Gasteiger partial charge on any atom is -0.501 e. The normalized spacial score (nSPS) is 11.3. The van der Waals surface area contributed by atoms with Crippen LogP contribution in [0.3, 0.4) is 0 Å². The molecule has 0 saturated heterocycles. The second-order valence-electron chi connectivity index (χ2n) is 13.8. The molecule has 7 rings (SSSR count). The fourth-order valence-electron chi connectivity index (χ4n) is 6.07. The van der Waals surface area contributed by atoms with Crippen molar-refractivity contribution in [1.82, 2.24) is 9.97 Å². The maximum atomic E-state index is 6.27. The molecule has 245 valence electrons. The van der Waals surface area contributed by atoms with E-state index in [0.29, 0.717) is 5.92 Å². The van der Waals surface area contributed by atoms with Crippen molar-refractivity contribution in [3.8, 4) is 33.6 Å². The first-order chi connectivity index (χ1) is 22.6. The molecule has 0 bridgehead atoms. The van der Waals surface area contributed by atoms with Crippen molar-refractivity contribution in [3.05, 3.63) is 138 Å². The van der Waals surface area contributed by atoms with Gasteiger partial charge in [0.25, 0.3) is 0 Å². The number of fused-ring (bicyclic) bond motifs is 3. The topological polar surface area (TPSA) is 38.9 Å². The van der Waals surface area contributed by atoms with Crippen molar-refractivity contribution in [2.24, 2.45) is 5.92 Å². The van der Waals surface area contributed by atoms with Crippen molar-refractivity contribution in [3.63, 3.8) is 0 Å². The number of furan rings is 1. The predicted molar refractivity (Wildman–Crippen MR) is 201 cm³/mol. The Morgan fingerprint density at radius 2 is 1.48 bits per heavy atom. The zero-order valence-electron chi connectivity index (χ0n) is 28.8. The van der Waals surface area contributed by atoms with Crippen molar-refractivity contribution < 1.29 is 24.5 Å². The van der Waals surface area contributed by atoms with Crippen LogP contribution in [0.5, 0.6) is 0 Å². The molecular weight excluding hydrogens is 781 g/mol. The van der Waals surface area contributed by atoms with E-state index in [2.05, 4.69) is 143 Å². The Labute approximate surface area is 299 Å². The monoisotopic (exact) mass is 823 g/mol. The maximum absolute atomic E-state index is 6.27. The summed E-state index contributed by atoms with van der Waals surface area (Å²) in [6.07, 6.45) is 5.07. The molecule has 0 saturated carbocycles. The number of pyridine rings is 2. The van der Waals surface area contributed by atoms with Crippen LogP contribution >= 0.6 is 0 Å². The smallest absolute Gasteiger partial charge is 0.121 e. The van der Waals surface area contributed by atoms with Crippen LogP contribution in [-0.2, 0) is 26.5 Å². The van der Waals surface area contributed by atoms with Gasteiger partial charge >= 0.3 is 0 Å². The molecule has 3 aromatic heterocycles. The minimum atomic E-state index is -1.35. The molecule has 0 aliphatic rings. The first kappa shape index (κ1) is 35.2. The van der Waals surface area contributed by atoms with E-state index in [1.807, 2.05) is 30.5 Å². The third-order valence-electron chi connectivity index (χ3n) is 8.37. The van der Waals surface area contributed by atoms with Gasteiger partial charge in [-0.3, -0.25) is 0 Å². The Bertz CT molecular complexity index is 2160. The van der Waals surface area contributed by atoms with Gasteiger partial charge in [0, 0.05) is 37.9 Å². The van der Waals surface area contributed by atoms with Gasteiger partial charge in [-0.05, 0) is 59.1 Å². The van der Waals surface area contributed by atoms with Crippen LogP contribution in [0.25, 0.3) is 55.6 Å². The summed E-state index contributed by atoms with van der Waals surface area (Å²) < 4.78 is 6.27. The molecule has 0 unspecified atom stereocenters. The molecule has 0 amide bonds. The molecule has 3 nitrogen and oxygen atoms in total. The summed E-state index contributed by atoms with van der Waals surface area (Å²) in [7, 11) is -1.35. The maximum Gasteiger partial charge on any atom is 0.121 e. The fraction of sp³-hybridized carbons (Fsp3) is 0.209.